The van der Waals surface area contributed by atoms with Gasteiger partial charge in [0.05, 0.1) is 33.6 Å². The number of hydrogen-bond donors (Lipinski definition) is 1. The van der Waals surface area contributed by atoms with E-state index < -0.39 is 5.97 Å². The molecule has 0 bridgehead atoms. The first kappa shape index (κ1) is 31.4. The van der Waals surface area contributed by atoms with Crippen molar-refractivity contribution >= 4 is 38.9 Å². The van der Waals surface area contributed by atoms with E-state index >= 15 is 0 Å². The Morgan fingerprint density at radius 1 is 0.692 bits per heavy atom. The molecule has 8 aromatic rings. The van der Waals surface area contributed by atoms with Gasteiger partial charge in [-0.15, -0.1) is 0 Å². The lowest BCUT2D eigenvalue weighted by molar-refractivity contribution is 0.0698. The van der Waals surface area contributed by atoms with E-state index in [0.29, 0.717) is 55.7 Å². The normalized spacial score (nSPS) is 13.6. The summed E-state index contributed by atoms with van der Waals surface area (Å²) in [6.07, 6.45) is 6.47. The predicted octanol–water partition coefficient (Wildman–Crippen LogP) is 10.1. The molecule has 1 fully saturated rings. The molecule has 8 nitrogen and oxygen atoms in total. The molecule has 1 aliphatic rings. The number of carboxylic acids is 1. The zero-order valence-electron chi connectivity index (χ0n) is 28.0. The zero-order chi connectivity index (χ0) is 35.3. The highest BCUT2D eigenvalue weighted by Gasteiger charge is 2.29. The van der Waals surface area contributed by atoms with Crippen LogP contribution >= 0.6 is 0 Å². The van der Waals surface area contributed by atoms with Gasteiger partial charge in [0.2, 0.25) is 0 Å². The molecule has 9 rings (SSSR count). The van der Waals surface area contributed by atoms with Crippen LogP contribution in [0.5, 0.6) is 0 Å². The zero-order valence-corrected chi connectivity index (χ0v) is 28.0. The quantitative estimate of drug-likeness (QED) is 0.185. The maximum absolute atomic E-state index is 13.6. The summed E-state index contributed by atoms with van der Waals surface area (Å²) in [5.41, 5.74) is 5.63. The summed E-state index contributed by atoms with van der Waals surface area (Å²) in [7, 11) is 0. The van der Waals surface area contributed by atoms with Gasteiger partial charge in [-0.25, -0.2) is 9.78 Å². The highest BCUT2D eigenvalue weighted by atomic mass is 16.4. The van der Waals surface area contributed by atoms with Gasteiger partial charge < -0.3 is 18.5 Å². The third kappa shape index (κ3) is 5.31. The van der Waals surface area contributed by atoms with Crippen molar-refractivity contribution in [2.45, 2.75) is 38.1 Å². The summed E-state index contributed by atoms with van der Waals surface area (Å²) in [5.74, 6) is 0.0182. The van der Waals surface area contributed by atoms with Gasteiger partial charge in [0, 0.05) is 34.9 Å². The molecule has 254 valence electrons. The maximum atomic E-state index is 13.6. The number of fused-ring (bicyclic) bond motifs is 3. The summed E-state index contributed by atoms with van der Waals surface area (Å²) in [6, 6.07) is 34.6. The summed E-state index contributed by atoms with van der Waals surface area (Å²) in [4.78, 5) is 45.3. The minimum absolute atomic E-state index is 0.0887. The van der Waals surface area contributed by atoms with Crippen LogP contribution in [-0.2, 0) is 0 Å². The fraction of sp³-hybridized carbons (Fsp3) is 0.136. The van der Waals surface area contributed by atoms with Crippen LogP contribution in [0, 0.1) is 0 Å². The Labute approximate surface area is 297 Å². The van der Waals surface area contributed by atoms with Gasteiger partial charge in [0.25, 0.3) is 0 Å². The molecule has 0 saturated heterocycles. The molecule has 0 amide bonds. The van der Waals surface area contributed by atoms with Crippen LogP contribution in [0.4, 0.5) is 0 Å². The molecule has 3 aromatic heterocycles. The number of aromatic nitrogens is 2. The van der Waals surface area contributed by atoms with Gasteiger partial charge in [0.15, 0.2) is 10.9 Å². The van der Waals surface area contributed by atoms with Crippen LogP contribution in [0.25, 0.3) is 77.9 Å². The lowest BCUT2D eigenvalue weighted by Crippen LogP contribution is -2.14. The highest BCUT2D eigenvalue weighted by molar-refractivity contribution is 6.12. The van der Waals surface area contributed by atoms with E-state index in [2.05, 4.69) is 4.57 Å². The van der Waals surface area contributed by atoms with Gasteiger partial charge >= 0.3 is 5.97 Å². The number of nitrogens with zero attached hydrogens (tertiary/aromatic N) is 2. The lowest BCUT2D eigenvalue weighted by atomic mass is 9.89. The van der Waals surface area contributed by atoms with Crippen molar-refractivity contribution in [1.82, 2.24) is 9.55 Å². The Hall–Kier alpha value is -6.54. The van der Waals surface area contributed by atoms with E-state index in [-0.39, 0.29) is 22.5 Å². The van der Waals surface area contributed by atoms with Crippen molar-refractivity contribution in [3.63, 3.8) is 0 Å². The molecule has 8 heteroatoms. The third-order valence-corrected chi connectivity index (χ3v) is 10.2. The summed E-state index contributed by atoms with van der Waals surface area (Å²) in [6.45, 7) is 0. The largest absolute Gasteiger partial charge is 0.478 e. The van der Waals surface area contributed by atoms with Gasteiger partial charge in [-0.2, -0.15) is 0 Å². The SMILES string of the molecule is O=C(O)c1c(-c2ccccc2)cc2c(nc(-c3ccc4oc(-c5ccccc5)cc(=O)c4c3)n2C2CCCCC2)c1-c1ccc2occc(=O)c2c1. The van der Waals surface area contributed by atoms with Gasteiger partial charge in [-0.3, -0.25) is 9.59 Å². The molecule has 0 aliphatic heterocycles. The number of benzene rings is 5. The van der Waals surface area contributed by atoms with Crippen molar-refractivity contribution in [1.29, 1.82) is 0 Å². The van der Waals surface area contributed by atoms with E-state index in [1.54, 1.807) is 18.2 Å². The summed E-state index contributed by atoms with van der Waals surface area (Å²) in [5, 5.41) is 11.7. The second kappa shape index (κ2) is 12.7. The van der Waals surface area contributed by atoms with Crippen LogP contribution in [0.1, 0.15) is 48.5 Å². The first-order valence-electron chi connectivity index (χ1n) is 17.5. The predicted molar refractivity (Wildman–Crippen MR) is 203 cm³/mol. The first-order chi connectivity index (χ1) is 25.4. The fourth-order valence-corrected chi connectivity index (χ4v) is 7.77. The monoisotopic (exact) mass is 684 g/mol. The Bertz CT molecular complexity index is 2790. The highest BCUT2D eigenvalue weighted by Crippen LogP contribution is 2.44. The molecule has 3 heterocycles. The Balaban J connectivity index is 1.36. The van der Waals surface area contributed by atoms with E-state index in [1.165, 1.54) is 18.4 Å². The average molecular weight is 685 g/mol. The molecular formula is C44H32N2O6. The van der Waals surface area contributed by atoms with Crippen LogP contribution in [0.15, 0.2) is 140 Å². The molecule has 1 saturated carbocycles. The molecule has 5 aromatic carbocycles. The van der Waals surface area contributed by atoms with Gasteiger partial charge in [-0.05, 0) is 65.9 Å². The number of aromatic carboxylic acids is 1. The molecular weight excluding hydrogens is 652 g/mol. The lowest BCUT2D eigenvalue weighted by Gasteiger charge is -2.26. The van der Waals surface area contributed by atoms with Crippen LogP contribution < -0.4 is 10.9 Å². The van der Waals surface area contributed by atoms with E-state index in [0.717, 1.165) is 54.3 Å². The number of imidazole rings is 1. The molecule has 0 radical (unpaired) electrons. The number of hydrogen-bond acceptors (Lipinski definition) is 6. The molecule has 52 heavy (non-hydrogen) atoms. The van der Waals surface area contributed by atoms with E-state index in [1.807, 2.05) is 84.9 Å². The second-order valence-electron chi connectivity index (χ2n) is 13.4. The average Bonchev–Trinajstić information content (AvgIpc) is 3.57. The Morgan fingerprint density at radius 3 is 2.12 bits per heavy atom. The summed E-state index contributed by atoms with van der Waals surface area (Å²) >= 11 is 0. The van der Waals surface area contributed by atoms with Crippen LogP contribution in [-0.4, -0.2) is 20.6 Å². The minimum Gasteiger partial charge on any atom is -0.478 e. The van der Waals surface area contributed by atoms with Gasteiger partial charge in [0.1, 0.15) is 22.8 Å². The summed E-state index contributed by atoms with van der Waals surface area (Å²) < 4.78 is 14.1. The topological polar surface area (TPSA) is 116 Å². The second-order valence-corrected chi connectivity index (χ2v) is 13.4. The standard InChI is InChI=1S/C44H32N2O6/c47-35-20-21-51-37-18-16-28(22-32(35)37)40-41(44(49)50)31(26-10-4-1-5-11-26)24-34-42(40)45-43(46(34)30-14-8-3-9-15-30)29-17-19-38-33(23-29)36(48)25-39(52-38)27-12-6-2-7-13-27/h1-2,4-7,10-13,16-25,30H,3,8-9,14-15H2,(H,49,50). The smallest absolute Gasteiger partial charge is 0.337 e. The Kier molecular flexibility index (Phi) is 7.65. The van der Waals surface area contributed by atoms with Crippen LogP contribution in [0.2, 0.25) is 0 Å². The van der Waals surface area contributed by atoms with Crippen molar-refractivity contribution in [3.05, 3.63) is 148 Å². The molecule has 0 spiro atoms. The number of rotatable bonds is 6. The van der Waals surface area contributed by atoms with Crippen LogP contribution in [0.3, 0.4) is 0 Å². The molecule has 1 aliphatic carbocycles. The first-order valence-corrected chi connectivity index (χ1v) is 17.5. The molecule has 1 N–H and O–H groups in total. The maximum Gasteiger partial charge on any atom is 0.337 e. The number of carboxylic acid groups (broad SMARTS) is 1. The number of carbonyl (C=O) groups is 1. The molecule has 0 unspecified atom stereocenters. The van der Waals surface area contributed by atoms with E-state index in [9.17, 15) is 19.5 Å². The Morgan fingerprint density at radius 2 is 1.37 bits per heavy atom. The minimum atomic E-state index is -1.11. The van der Waals surface area contributed by atoms with Crippen molar-refractivity contribution in [2.75, 3.05) is 0 Å². The van der Waals surface area contributed by atoms with Crippen molar-refractivity contribution in [3.8, 4) is 45.0 Å². The molecule has 0 atom stereocenters. The fourth-order valence-electron chi connectivity index (χ4n) is 7.77. The van der Waals surface area contributed by atoms with Crippen molar-refractivity contribution in [2.24, 2.45) is 0 Å². The van der Waals surface area contributed by atoms with E-state index in [4.69, 9.17) is 13.8 Å². The third-order valence-electron chi connectivity index (χ3n) is 10.2. The van der Waals surface area contributed by atoms with Gasteiger partial charge in [-0.1, -0.05) is 86.0 Å². The van der Waals surface area contributed by atoms with Crippen molar-refractivity contribution < 1.29 is 18.7 Å².